The summed E-state index contributed by atoms with van der Waals surface area (Å²) in [6.07, 6.45) is 0.681. The number of hydrogen-bond acceptors (Lipinski definition) is 5. The largest absolute Gasteiger partial charge is 0.452 e. The molecule has 0 amide bonds. The molecule has 4 N–H and O–H groups in total. The number of ether oxygens (including phenoxy) is 1. The van der Waals surface area contributed by atoms with E-state index in [1.54, 1.807) is 0 Å². The normalized spacial score (nSPS) is 11.5. The molecule has 5 nitrogen and oxygen atoms in total. The van der Waals surface area contributed by atoms with Crippen molar-refractivity contribution in [3.8, 4) is 11.5 Å². The highest BCUT2D eigenvalue weighted by Gasteiger charge is 2.16. The van der Waals surface area contributed by atoms with E-state index >= 15 is 0 Å². The summed E-state index contributed by atoms with van der Waals surface area (Å²) in [5.74, 6) is 1.71. The Labute approximate surface area is 132 Å². The van der Waals surface area contributed by atoms with Gasteiger partial charge in [0.2, 0.25) is 5.95 Å². The van der Waals surface area contributed by atoms with Gasteiger partial charge in [0.15, 0.2) is 11.6 Å². The van der Waals surface area contributed by atoms with Crippen molar-refractivity contribution in [3.05, 3.63) is 35.5 Å². The number of benzene rings is 1. The molecule has 2 aromatic rings. The summed E-state index contributed by atoms with van der Waals surface area (Å²) >= 11 is 0. The minimum Gasteiger partial charge on any atom is -0.452 e. The molecule has 1 heterocycles. The zero-order valence-electron chi connectivity index (χ0n) is 13.7. The minimum absolute atomic E-state index is 0.175. The maximum Gasteiger partial charge on any atom is 0.222 e. The van der Waals surface area contributed by atoms with Crippen LogP contribution in [-0.4, -0.2) is 18.0 Å². The van der Waals surface area contributed by atoms with Crippen LogP contribution in [0.2, 0.25) is 19.6 Å². The number of nitrogens with two attached hydrogens (primary N) is 2. The molecule has 6 heteroatoms. The number of nitrogens with zero attached hydrogens (tertiary/aromatic N) is 2. The smallest absolute Gasteiger partial charge is 0.222 e. The lowest BCUT2D eigenvalue weighted by molar-refractivity contribution is 0.473. The molecule has 118 valence electrons. The molecular formula is C16H24N4OSi. The fourth-order valence-corrected chi connectivity index (χ4v) is 3.78. The number of nitrogen functional groups attached to an aromatic ring is 2. The molecule has 22 heavy (non-hydrogen) atoms. The third kappa shape index (κ3) is 4.21. The molecule has 1 aromatic carbocycles. The fraction of sp³-hybridized carbons (Fsp3) is 0.375. The first-order valence-corrected chi connectivity index (χ1v) is 11.2. The molecule has 0 aliphatic heterocycles. The van der Waals surface area contributed by atoms with Crippen LogP contribution in [0.1, 0.15) is 18.2 Å². The van der Waals surface area contributed by atoms with Crippen LogP contribution in [-0.2, 0) is 12.5 Å². The molecule has 0 saturated carbocycles. The molecule has 0 saturated heterocycles. The van der Waals surface area contributed by atoms with Crippen LogP contribution < -0.4 is 16.2 Å². The van der Waals surface area contributed by atoms with Crippen LogP contribution in [0.25, 0.3) is 0 Å². The van der Waals surface area contributed by atoms with Gasteiger partial charge in [-0.3, -0.25) is 0 Å². The average Bonchev–Trinajstić information content (AvgIpc) is 2.40. The van der Waals surface area contributed by atoms with Crippen molar-refractivity contribution in [2.75, 3.05) is 11.5 Å². The van der Waals surface area contributed by atoms with E-state index < -0.39 is 8.07 Å². The lowest BCUT2D eigenvalue weighted by Crippen LogP contribution is -2.23. The summed E-state index contributed by atoms with van der Waals surface area (Å²) in [5, 5.41) is 0. The Morgan fingerprint density at radius 3 is 2.50 bits per heavy atom. The maximum absolute atomic E-state index is 5.95. The van der Waals surface area contributed by atoms with Gasteiger partial charge in [-0.2, -0.15) is 4.98 Å². The summed E-state index contributed by atoms with van der Waals surface area (Å²) < 4.78 is 5.95. The first-order valence-electron chi connectivity index (χ1n) is 7.47. The predicted molar refractivity (Wildman–Crippen MR) is 93.8 cm³/mol. The van der Waals surface area contributed by atoms with Crippen LogP contribution in [0, 0.1) is 0 Å². The van der Waals surface area contributed by atoms with Gasteiger partial charge < -0.3 is 16.2 Å². The van der Waals surface area contributed by atoms with E-state index in [0.717, 1.165) is 17.5 Å². The number of anilines is 2. The van der Waals surface area contributed by atoms with Crippen LogP contribution in [0.3, 0.4) is 0 Å². The SMILES string of the molecule is CCc1nc(N)nc(N)c1Oc1cccc(C[Si](C)(C)C)c1. The first-order chi connectivity index (χ1) is 10.3. The second kappa shape index (κ2) is 6.35. The molecular weight excluding hydrogens is 292 g/mol. The minimum atomic E-state index is -1.17. The Morgan fingerprint density at radius 2 is 1.86 bits per heavy atom. The quantitative estimate of drug-likeness (QED) is 0.825. The summed E-state index contributed by atoms with van der Waals surface area (Å²) in [7, 11) is -1.17. The van der Waals surface area contributed by atoms with Crippen LogP contribution >= 0.6 is 0 Å². The van der Waals surface area contributed by atoms with E-state index in [1.807, 2.05) is 19.1 Å². The Hall–Kier alpha value is -2.08. The van der Waals surface area contributed by atoms with E-state index in [0.29, 0.717) is 12.2 Å². The van der Waals surface area contributed by atoms with E-state index in [-0.39, 0.29) is 11.8 Å². The number of aryl methyl sites for hydroxylation is 1. The molecule has 1 aromatic heterocycles. The molecule has 0 unspecified atom stereocenters. The van der Waals surface area contributed by atoms with Gasteiger partial charge in [-0.05, 0) is 30.2 Å². The first kappa shape index (κ1) is 16.3. The zero-order chi connectivity index (χ0) is 16.3. The second-order valence-electron chi connectivity index (χ2n) is 6.58. The molecule has 0 spiro atoms. The van der Waals surface area contributed by atoms with E-state index in [9.17, 15) is 0 Å². The predicted octanol–water partition coefficient (Wildman–Crippen LogP) is 3.42. The van der Waals surface area contributed by atoms with Gasteiger partial charge in [0.1, 0.15) is 5.75 Å². The highest BCUT2D eigenvalue weighted by atomic mass is 28.3. The monoisotopic (exact) mass is 316 g/mol. The van der Waals surface area contributed by atoms with Gasteiger partial charge in [-0.15, -0.1) is 0 Å². The third-order valence-corrected chi connectivity index (χ3v) is 4.64. The van der Waals surface area contributed by atoms with Crippen molar-refractivity contribution in [1.29, 1.82) is 0 Å². The van der Waals surface area contributed by atoms with Gasteiger partial charge in [0, 0.05) is 8.07 Å². The van der Waals surface area contributed by atoms with Gasteiger partial charge in [-0.25, -0.2) is 4.98 Å². The number of rotatable bonds is 5. The van der Waals surface area contributed by atoms with Gasteiger partial charge in [0.25, 0.3) is 0 Å². The fourth-order valence-electron chi connectivity index (χ4n) is 2.34. The Balaban J connectivity index is 2.30. The van der Waals surface area contributed by atoms with Gasteiger partial charge in [-0.1, -0.05) is 38.7 Å². The lowest BCUT2D eigenvalue weighted by atomic mass is 10.2. The number of hydrogen-bond donors (Lipinski definition) is 2. The van der Waals surface area contributed by atoms with Crippen LogP contribution in [0.4, 0.5) is 11.8 Å². The highest BCUT2D eigenvalue weighted by Crippen LogP contribution is 2.30. The van der Waals surface area contributed by atoms with Crippen LogP contribution in [0.5, 0.6) is 11.5 Å². The van der Waals surface area contributed by atoms with Crippen molar-refractivity contribution in [3.63, 3.8) is 0 Å². The molecule has 0 atom stereocenters. The van der Waals surface area contributed by atoms with Crippen molar-refractivity contribution in [2.45, 2.75) is 39.0 Å². The Morgan fingerprint density at radius 1 is 1.14 bits per heavy atom. The van der Waals surface area contributed by atoms with Crippen LogP contribution in [0.15, 0.2) is 24.3 Å². The standard InChI is InChI=1S/C16H24N4OSi/c1-5-13-14(15(17)20-16(18)19-13)21-12-8-6-7-11(9-12)10-22(2,3)4/h6-9H,5,10H2,1-4H3,(H4,17,18,19,20). The summed E-state index contributed by atoms with van der Waals surface area (Å²) in [4.78, 5) is 8.19. The van der Waals surface area contributed by atoms with Crippen molar-refractivity contribution in [2.24, 2.45) is 0 Å². The topological polar surface area (TPSA) is 87.0 Å². The Kier molecular flexibility index (Phi) is 4.70. The lowest BCUT2D eigenvalue weighted by Gasteiger charge is -2.17. The highest BCUT2D eigenvalue weighted by molar-refractivity contribution is 6.75. The van der Waals surface area contributed by atoms with Gasteiger partial charge >= 0.3 is 0 Å². The molecule has 2 rings (SSSR count). The summed E-state index contributed by atoms with van der Waals surface area (Å²) in [6.45, 7) is 9.03. The van der Waals surface area contributed by atoms with E-state index in [4.69, 9.17) is 16.2 Å². The Bertz CT molecular complexity index is 668. The summed E-state index contributed by atoms with van der Waals surface area (Å²) in [5.41, 5.74) is 13.6. The van der Waals surface area contributed by atoms with Crippen molar-refractivity contribution >= 4 is 19.8 Å². The van der Waals surface area contributed by atoms with Gasteiger partial charge in [0.05, 0.1) is 5.69 Å². The summed E-state index contributed by atoms with van der Waals surface area (Å²) in [6, 6.07) is 9.23. The van der Waals surface area contributed by atoms with E-state index in [1.165, 1.54) is 5.56 Å². The molecule has 0 aliphatic carbocycles. The van der Waals surface area contributed by atoms with E-state index in [2.05, 4.69) is 41.7 Å². The third-order valence-electron chi connectivity index (χ3n) is 3.17. The maximum atomic E-state index is 5.95. The zero-order valence-corrected chi connectivity index (χ0v) is 14.7. The molecule has 0 bridgehead atoms. The molecule has 0 radical (unpaired) electrons. The number of aromatic nitrogens is 2. The van der Waals surface area contributed by atoms with Crippen molar-refractivity contribution in [1.82, 2.24) is 9.97 Å². The molecule has 0 fully saturated rings. The van der Waals surface area contributed by atoms with Crippen molar-refractivity contribution < 1.29 is 4.74 Å². The second-order valence-corrected chi connectivity index (χ2v) is 12.1. The average molecular weight is 316 g/mol. The molecule has 0 aliphatic rings.